The highest BCUT2D eigenvalue weighted by Crippen LogP contribution is 2.36. The molecule has 0 radical (unpaired) electrons. The van der Waals surface area contributed by atoms with Gasteiger partial charge in [0.2, 0.25) is 0 Å². The molecule has 5 nitrogen and oxygen atoms in total. The van der Waals surface area contributed by atoms with Crippen molar-refractivity contribution in [3.8, 4) is 11.3 Å². The minimum Gasteiger partial charge on any atom is -0.326 e. The summed E-state index contributed by atoms with van der Waals surface area (Å²) in [5.74, 6) is 0.989. The molecule has 0 saturated carbocycles. The molecule has 0 atom stereocenters. The summed E-state index contributed by atoms with van der Waals surface area (Å²) in [5.41, 5.74) is 4.39. The van der Waals surface area contributed by atoms with Crippen LogP contribution in [0.2, 0.25) is 0 Å². The van der Waals surface area contributed by atoms with Gasteiger partial charge in [-0.05, 0) is 30.7 Å². The van der Waals surface area contributed by atoms with Crippen LogP contribution in [0, 0.1) is 0 Å². The molecule has 5 heteroatoms. The Morgan fingerprint density at radius 3 is 2.33 bits per heavy atom. The third kappa shape index (κ3) is 2.03. The lowest BCUT2D eigenvalue weighted by Crippen LogP contribution is -2.14. The van der Waals surface area contributed by atoms with Gasteiger partial charge in [0.25, 0.3) is 0 Å². The average Bonchev–Trinajstić information content (AvgIpc) is 3.00. The number of hydrogen-bond donors (Lipinski definition) is 0. The van der Waals surface area contributed by atoms with Gasteiger partial charge in [-0.25, -0.2) is 9.97 Å². The van der Waals surface area contributed by atoms with Crippen LogP contribution in [-0.4, -0.2) is 26.5 Å². The zero-order valence-electron chi connectivity index (χ0n) is 11.3. The van der Waals surface area contributed by atoms with Gasteiger partial charge in [0.15, 0.2) is 0 Å². The van der Waals surface area contributed by atoms with Crippen LogP contribution >= 0.6 is 0 Å². The Morgan fingerprint density at radius 2 is 1.57 bits per heavy atom. The average molecular weight is 275 g/mol. The summed E-state index contributed by atoms with van der Waals surface area (Å²) >= 11 is 0. The van der Waals surface area contributed by atoms with Crippen molar-refractivity contribution in [2.24, 2.45) is 0 Å². The highest BCUT2D eigenvalue weighted by molar-refractivity contribution is 5.74. The van der Waals surface area contributed by atoms with Crippen LogP contribution in [0.1, 0.15) is 5.56 Å². The molecular weight excluding hydrogens is 262 g/mol. The Bertz CT molecular complexity index is 758. The van der Waals surface area contributed by atoms with Crippen molar-refractivity contribution in [3.63, 3.8) is 0 Å². The SMILES string of the molecule is c1cc(-c2ncnc3c2CCN3c2ccncc2)ccn1. The summed E-state index contributed by atoms with van der Waals surface area (Å²) in [4.78, 5) is 19.3. The highest BCUT2D eigenvalue weighted by atomic mass is 15.2. The molecule has 0 bridgehead atoms. The molecule has 0 unspecified atom stereocenters. The molecule has 4 heterocycles. The van der Waals surface area contributed by atoms with E-state index in [9.17, 15) is 0 Å². The second-order valence-corrected chi connectivity index (χ2v) is 4.87. The van der Waals surface area contributed by atoms with Crippen molar-refractivity contribution < 1.29 is 0 Å². The smallest absolute Gasteiger partial charge is 0.140 e. The van der Waals surface area contributed by atoms with Crippen molar-refractivity contribution in [1.82, 2.24) is 19.9 Å². The Balaban J connectivity index is 1.81. The number of aromatic nitrogens is 4. The molecule has 0 spiro atoms. The third-order valence-electron chi connectivity index (χ3n) is 3.69. The normalized spacial score (nSPS) is 13.2. The minimum absolute atomic E-state index is 0.913. The second-order valence-electron chi connectivity index (χ2n) is 4.87. The fraction of sp³-hybridized carbons (Fsp3) is 0.125. The van der Waals surface area contributed by atoms with Gasteiger partial charge >= 0.3 is 0 Å². The largest absolute Gasteiger partial charge is 0.326 e. The van der Waals surface area contributed by atoms with Crippen LogP contribution in [0.3, 0.4) is 0 Å². The van der Waals surface area contributed by atoms with E-state index in [1.807, 2.05) is 24.3 Å². The molecule has 0 aromatic carbocycles. The molecule has 3 aromatic heterocycles. The number of pyridine rings is 2. The maximum absolute atomic E-state index is 4.48. The van der Waals surface area contributed by atoms with Crippen molar-refractivity contribution >= 4 is 11.5 Å². The predicted octanol–water partition coefficient (Wildman–Crippen LogP) is 2.63. The van der Waals surface area contributed by atoms with Gasteiger partial charge in [-0.2, -0.15) is 0 Å². The van der Waals surface area contributed by atoms with Crippen molar-refractivity contribution in [1.29, 1.82) is 0 Å². The molecule has 0 fully saturated rings. The first-order chi connectivity index (χ1) is 10.4. The van der Waals surface area contributed by atoms with Crippen molar-refractivity contribution in [3.05, 3.63) is 60.9 Å². The van der Waals surface area contributed by atoms with Crippen LogP contribution in [0.4, 0.5) is 11.5 Å². The first-order valence-corrected chi connectivity index (χ1v) is 6.85. The second kappa shape index (κ2) is 4.94. The summed E-state index contributed by atoms with van der Waals surface area (Å²) in [7, 11) is 0. The molecular formula is C16H13N5. The quantitative estimate of drug-likeness (QED) is 0.719. The minimum atomic E-state index is 0.913. The molecule has 1 aliphatic rings. The Kier molecular flexibility index (Phi) is 2.81. The van der Waals surface area contributed by atoms with Crippen LogP contribution in [0.25, 0.3) is 11.3 Å². The van der Waals surface area contributed by atoms with Crippen LogP contribution in [-0.2, 0) is 6.42 Å². The molecule has 4 rings (SSSR count). The number of nitrogens with zero attached hydrogens (tertiary/aromatic N) is 5. The molecule has 102 valence electrons. The van der Waals surface area contributed by atoms with Crippen molar-refractivity contribution in [2.45, 2.75) is 6.42 Å². The summed E-state index contributed by atoms with van der Waals surface area (Å²) in [6, 6.07) is 7.97. The molecule has 0 amide bonds. The maximum Gasteiger partial charge on any atom is 0.140 e. The van der Waals surface area contributed by atoms with E-state index in [0.29, 0.717) is 0 Å². The van der Waals surface area contributed by atoms with E-state index in [4.69, 9.17) is 0 Å². The molecule has 1 aliphatic heterocycles. The zero-order chi connectivity index (χ0) is 14.1. The molecule has 21 heavy (non-hydrogen) atoms. The monoisotopic (exact) mass is 275 g/mol. The highest BCUT2D eigenvalue weighted by Gasteiger charge is 2.25. The van der Waals surface area contributed by atoms with Gasteiger partial charge in [-0.15, -0.1) is 0 Å². The van der Waals surface area contributed by atoms with E-state index in [2.05, 4.69) is 24.8 Å². The Morgan fingerprint density at radius 1 is 0.857 bits per heavy atom. The molecule has 3 aromatic rings. The standard InChI is InChI=1S/C16H13N5/c1-6-17-7-2-12(1)15-14-5-10-21(16(14)20-11-19-15)13-3-8-18-9-4-13/h1-4,6-9,11H,5,10H2. The fourth-order valence-electron chi connectivity index (χ4n) is 2.73. The lowest BCUT2D eigenvalue weighted by atomic mass is 10.1. The summed E-state index contributed by atoms with van der Waals surface area (Å²) in [5, 5.41) is 0. The van der Waals surface area contributed by atoms with E-state index >= 15 is 0 Å². The first kappa shape index (κ1) is 12.0. The van der Waals surface area contributed by atoms with E-state index in [-0.39, 0.29) is 0 Å². The van der Waals surface area contributed by atoms with Crippen LogP contribution in [0.15, 0.2) is 55.4 Å². The molecule has 0 N–H and O–H groups in total. The lowest BCUT2D eigenvalue weighted by molar-refractivity contribution is 0.988. The fourth-order valence-corrected chi connectivity index (χ4v) is 2.73. The predicted molar refractivity (Wildman–Crippen MR) is 80.2 cm³/mol. The van der Waals surface area contributed by atoms with Gasteiger partial charge < -0.3 is 4.90 Å². The lowest BCUT2D eigenvalue weighted by Gasteiger charge is -2.18. The van der Waals surface area contributed by atoms with Crippen LogP contribution < -0.4 is 4.90 Å². The van der Waals surface area contributed by atoms with Crippen molar-refractivity contribution in [2.75, 3.05) is 11.4 Å². The zero-order valence-corrected chi connectivity index (χ0v) is 11.3. The Hall–Kier alpha value is -2.82. The molecule has 0 aliphatic carbocycles. The topological polar surface area (TPSA) is 54.8 Å². The number of fused-ring (bicyclic) bond motifs is 1. The Labute approximate surface area is 122 Å². The number of rotatable bonds is 2. The van der Waals surface area contributed by atoms with Gasteiger partial charge in [-0.1, -0.05) is 0 Å². The summed E-state index contributed by atoms with van der Waals surface area (Å²) < 4.78 is 0. The molecule has 0 saturated heterocycles. The number of hydrogen-bond acceptors (Lipinski definition) is 5. The van der Waals surface area contributed by atoms with Gasteiger partial charge in [0.05, 0.1) is 5.69 Å². The van der Waals surface area contributed by atoms with Crippen LogP contribution in [0.5, 0.6) is 0 Å². The summed E-state index contributed by atoms with van der Waals surface area (Å²) in [6.45, 7) is 0.913. The first-order valence-electron chi connectivity index (χ1n) is 6.85. The van der Waals surface area contributed by atoms with E-state index in [0.717, 1.165) is 35.7 Å². The van der Waals surface area contributed by atoms with Gasteiger partial charge in [0.1, 0.15) is 12.1 Å². The summed E-state index contributed by atoms with van der Waals surface area (Å²) in [6.07, 6.45) is 9.76. The van der Waals surface area contributed by atoms with E-state index < -0.39 is 0 Å². The van der Waals surface area contributed by atoms with Gasteiger partial charge in [0, 0.05) is 48.1 Å². The number of anilines is 2. The third-order valence-corrected chi connectivity index (χ3v) is 3.69. The van der Waals surface area contributed by atoms with Gasteiger partial charge in [-0.3, -0.25) is 9.97 Å². The maximum atomic E-state index is 4.48. The van der Waals surface area contributed by atoms with E-state index in [1.165, 1.54) is 5.56 Å². The van der Waals surface area contributed by atoms with E-state index in [1.54, 1.807) is 31.1 Å².